The Labute approximate surface area is 123 Å². The maximum absolute atomic E-state index is 12.1. The van der Waals surface area contributed by atoms with Crippen LogP contribution in [0.25, 0.3) is 0 Å². The fourth-order valence-corrected chi connectivity index (χ4v) is 2.24. The van der Waals surface area contributed by atoms with Crippen LogP contribution in [0.4, 0.5) is 0 Å². The lowest BCUT2D eigenvalue weighted by molar-refractivity contribution is -0.142. The monoisotopic (exact) mass is 286 g/mol. The van der Waals surface area contributed by atoms with Crippen LogP contribution in [0.15, 0.2) is 48.5 Å². The maximum atomic E-state index is 12.1. The van der Waals surface area contributed by atoms with E-state index in [2.05, 4.69) is 0 Å². The third-order valence-corrected chi connectivity index (χ3v) is 3.37. The molecule has 0 bridgehead atoms. The molecule has 2 rings (SSSR count). The van der Waals surface area contributed by atoms with E-state index in [1.54, 1.807) is 12.1 Å². The van der Waals surface area contributed by atoms with Gasteiger partial charge in [-0.3, -0.25) is 4.79 Å². The fraction of sp³-hybridized carbons (Fsp3) is 0.235. The first-order valence-electron chi connectivity index (χ1n) is 6.64. The Hall–Kier alpha value is -2.49. The number of hydrogen-bond acceptors (Lipinski definition) is 4. The number of phenols is 1. The molecule has 0 saturated carbocycles. The summed E-state index contributed by atoms with van der Waals surface area (Å²) in [5, 5.41) is 9.66. The molecule has 2 aromatic rings. The number of rotatable bonds is 5. The van der Waals surface area contributed by atoms with Crippen LogP contribution in [0.5, 0.6) is 11.5 Å². The van der Waals surface area contributed by atoms with Crippen LogP contribution < -0.4 is 4.74 Å². The van der Waals surface area contributed by atoms with Gasteiger partial charge in [-0.2, -0.15) is 0 Å². The summed E-state index contributed by atoms with van der Waals surface area (Å²) in [5.41, 5.74) is 1.79. The molecule has 0 heterocycles. The second-order valence-corrected chi connectivity index (χ2v) is 4.70. The SMILES string of the molecule is COC(=O)C(Cc1ccccc1)c1ccc(O)c(OC)c1. The molecular weight excluding hydrogens is 268 g/mol. The molecule has 2 aromatic carbocycles. The topological polar surface area (TPSA) is 55.8 Å². The largest absolute Gasteiger partial charge is 0.504 e. The lowest BCUT2D eigenvalue weighted by atomic mass is 9.92. The number of carbonyl (C=O) groups is 1. The van der Waals surface area contributed by atoms with Gasteiger partial charge in [0.05, 0.1) is 20.1 Å². The molecular formula is C17H18O4. The molecule has 0 fully saturated rings. The minimum atomic E-state index is -0.438. The summed E-state index contributed by atoms with van der Waals surface area (Å²) in [6, 6.07) is 14.6. The van der Waals surface area contributed by atoms with Gasteiger partial charge >= 0.3 is 5.97 Å². The summed E-state index contributed by atoms with van der Waals surface area (Å²) in [5.74, 6) is -0.363. The minimum Gasteiger partial charge on any atom is -0.504 e. The Balaban J connectivity index is 2.34. The molecule has 0 saturated heterocycles. The number of phenolic OH excluding ortho intramolecular Hbond substituents is 1. The number of benzene rings is 2. The molecule has 110 valence electrons. The highest BCUT2D eigenvalue weighted by molar-refractivity contribution is 5.78. The second-order valence-electron chi connectivity index (χ2n) is 4.70. The van der Waals surface area contributed by atoms with Crippen molar-refractivity contribution in [1.82, 2.24) is 0 Å². The minimum absolute atomic E-state index is 0.0459. The number of hydrogen-bond donors (Lipinski definition) is 1. The highest BCUT2D eigenvalue weighted by Gasteiger charge is 2.23. The summed E-state index contributed by atoms with van der Waals surface area (Å²) < 4.78 is 10.00. The van der Waals surface area contributed by atoms with Gasteiger partial charge in [-0.25, -0.2) is 0 Å². The summed E-state index contributed by atoms with van der Waals surface area (Å²) in [6.45, 7) is 0. The first kappa shape index (κ1) is 14.9. The van der Waals surface area contributed by atoms with Gasteiger partial charge in [-0.1, -0.05) is 36.4 Å². The Kier molecular flexibility index (Phi) is 4.82. The van der Waals surface area contributed by atoms with Gasteiger partial charge < -0.3 is 14.6 Å². The van der Waals surface area contributed by atoms with E-state index in [4.69, 9.17) is 9.47 Å². The third-order valence-electron chi connectivity index (χ3n) is 3.37. The number of esters is 1. The average Bonchev–Trinajstić information content (AvgIpc) is 2.53. The van der Waals surface area contributed by atoms with Gasteiger partial charge in [-0.05, 0) is 29.7 Å². The lowest BCUT2D eigenvalue weighted by Crippen LogP contribution is -2.17. The molecule has 0 aliphatic carbocycles. The van der Waals surface area contributed by atoms with E-state index in [1.807, 2.05) is 30.3 Å². The predicted molar refractivity (Wildman–Crippen MR) is 79.6 cm³/mol. The normalized spacial score (nSPS) is 11.7. The summed E-state index contributed by atoms with van der Waals surface area (Å²) in [4.78, 5) is 12.1. The number of aromatic hydroxyl groups is 1. The van der Waals surface area contributed by atoms with Crippen molar-refractivity contribution in [2.45, 2.75) is 12.3 Å². The zero-order valence-electron chi connectivity index (χ0n) is 12.1. The van der Waals surface area contributed by atoms with Crippen LogP contribution in [0.2, 0.25) is 0 Å². The number of carbonyl (C=O) groups excluding carboxylic acids is 1. The van der Waals surface area contributed by atoms with Crippen LogP contribution in [-0.2, 0) is 16.0 Å². The fourth-order valence-electron chi connectivity index (χ4n) is 2.24. The number of ether oxygens (including phenoxy) is 2. The Morgan fingerprint density at radius 3 is 2.48 bits per heavy atom. The molecule has 4 heteroatoms. The van der Waals surface area contributed by atoms with Gasteiger partial charge in [0, 0.05) is 0 Å². The standard InChI is InChI=1S/C17H18O4/c1-20-16-11-13(8-9-15(16)18)14(17(19)21-2)10-12-6-4-3-5-7-12/h3-9,11,14,18H,10H2,1-2H3. The smallest absolute Gasteiger partial charge is 0.313 e. The summed E-state index contributed by atoms with van der Waals surface area (Å²) >= 11 is 0. The first-order valence-corrected chi connectivity index (χ1v) is 6.64. The third kappa shape index (κ3) is 3.54. The van der Waals surface area contributed by atoms with Crippen molar-refractivity contribution in [1.29, 1.82) is 0 Å². The van der Waals surface area contributed by atoms with Gasteiger partial charge in [0.2, 0.25) is 0 Å². The quantitative estimate of drug-likeness (QED) is 0.859. The van der Waals surface area contributed by atoms with Gasteiger partial charge in [0.15, 0.2) is 11.5 Å². The average molecular weight is 286 g/mol. The summed E-state index contributed by atoms with van der Waals surface area (Å²) in [7, 11) is 2.85. The second kappa shape index (κ2) is 6.79. The van der Waals surface area contributed by atoms with E-state index < -0.39 is 5.92 Å². The van der Waals surface area contributed by atoms with Crippen molar-refractivity contribution >= 4 is 5.97 Å². The molecule has 0 amide bonds. The van der Waals surface area contributed by atoms with Crippen LogP contribution in [-0.4, -0.2) is 25.3 Å². The zero-order chi connectivity index (χ0) is 15.2. The molecule has 1 N–H and O–H groups in total. The highest BCUT2D eigenvalue weighted by atomic mass is 16.5. The van der Waals surface area contributed by atoms with Crippen molar-refractivity contribution in [3.8, 4) is 11.5 Å². The lowest BCUT2D eigenvalue weighted by Gasteiger charge is -2.16. The molecule has 1 atom stereocenters. The zero-order valence-corrected chi connectivity index (χ0v) is 12.1. The van der Waals surface area contributed by atoms with E-state index in [0.29, 0.717) is 12.2 Å². The van der Waals surface area contributed by atoms with E-state index in [9.17, 15) is 9.90 Å². The van der Waals surface area contributed by atoms with Gasteiger partial charge in [0.25, 0.3) is 0 Å². The van der Waals surface area contributed by atoms with Crippen LogP contribution in [0, 0.1) is 0 Å². The molecule has 4 nitrogen and oxygen atoms in total. The van der Waals surface area contributed by atoms with Crippen LogP contribution in [0.3, 0.4) is 0 Å². The Morgan fingerprint density at radius 1 is 1.14 bits per heavy atom. The molecule has 1 unspecified atom stereocenters. The molecule has 0 spiro atoms. The van der Waals surface area contributed by atoms with E-state index in [-0.39, 0.29) is 11.7 Å². The highest BCUT2D eigenvalue weighted by Crippen LogP contribution is 2.31. The maximum Gasteiger partial charge on any atom is 0.313 e. The van der Waals surface area contributed by atoms with Crippen molar-refractivity contribution < 1.29 is 19.4 Å². The van der Waals surface area contributed by atoms with Crippen LogP contribution >= 0.6 is 0 Å². The van der Waals surface area contributed by atoms with Crippen LogP contribution in [0.1, 0.15) is 17.0 Å². The molecule has 0 aromatic heterocycles. The number of methoxy groups -OCH3 is 2. The van der Waals surface area contributed by atoms with Gasteiger partial charge in [-0.15, -0.1) is 0 Å². The Bertz CT molecular complexity index is 607. The molecule has 0 radical (unpaired) electrons. The van der Waals surface area contributed by atoms with Crippen molar-refractivity contribution in [3.05, 3.63) is 59.7 Å². The predicted octanol–water partition coefficient (Wildman–Crippen LogP) is 2.90. The molecule has 0 aliphatic heterocycles. The summed E-state index contributed by atoms with van der Waals surface area (Å²) in [6.07, 6.45) is 0.529. The van der Waals surface area contributed by atoms with E-state index in [0.717, 1.165) is 11.1 Å². The van der Waals surface area contributed by atoms with Gasteiger partial charge in [0.1, 0.15) is 0 Å². The molecule has 21 heavy (non-hydrogen) atoms. The van der Waals surface area contributed by atoms with Crippen molar-refractivity contribution in [3.63, 3.8) is 0 Å². The first-order chi connectivity index (χ1) is 10.2. The van der Waals surface area contributed by atoms with Crippen molar-refractivity contribution in [2.75, 3.05) is 14.2 Å². The van der Waals surface area contributed by atoms with E-state index in [1.165, 1.54) is 20.3 Å². The van der Waals surface area contributed by atoms with E-state index >= 15 is 0 Å². The van der Waals surface area contributed by atoms with Crippen molar-refractivity contribution in [2.24, 2.45) is 0 Å². The Morgan fingerprint density at radius 2 is 1.86 bits per heavy atom. The molecule has 0 aliphatic rings.